The average Bonchev–Trinajstić information content (AvgIpc) is 3.05. The van der Waals surface area contributed by atoms with E-state index < -0.39 is 0 Å². The first-order valence-corrected chi connectivity index (χ1v) is 11.4. The van der Waals surface area contributed by atoms with Gasteiger partial charge < -0.3 is 15.2 Å². The summed E-state index contributed by atoms with van der Waals surface area (Å²) in [4.78, 5) is 37.1. The Morgan fingerprint density at radius 1 is 1.29 bits per heavy atom. The average molecular weight is 403 g/mol. The van der Waals surface area contributed by atoms with Gasteiger partial charge in [-0.3, -0.25) is 9.59 Å². The highest BCUT2D eigenvalue weighted by Crippen LogP contribution is 2.33. The first-order valence-electron chi connectivity index (χ1n) is 10.6. The van der Waals surface area contributed by atoms with Gasteiger partial charge in [0.05, 0.1) is 5.39 Å². The Hall–Kier alpha value is -1.73. The number of nitrogens with one attached hydrogen (secondary N) is 2. The second-order valence-electron chi connectivity index (χ2n) is 8.38. The SMILES string of the molecule is CC(C)N1CCC(NC(=O)CCc2nc3sc4c(c3c(=O)[nH]2)CCCC4)CC1. The van der Waals surface area contributed by atoms with Gasteiger partial charge in [0.2, 0.25) is 5.91 Å². The third-order valence-electron chi connectivity index (χ3n) is 6.09. The highest BCUT2D eigenvalue weighted by molar-refractivity contribution is 7.18. The number of aryl methyl sites for hydroxylation is 3. The number of aromatic amines is 1. The monoisotopic (exact) mass is 402 g/mol. The molecule has 0 unspecified atom stereocenters. The van der Waals surface area contributed by atoms with Gasteiger partial charge in [0, 0.05) is 42.9 Å². The maximum atomic E-state index is 12.6. The summed E-state index contributed by atoms with van der Waals surface area (Å²) in [5, 5.41) is 3.94. The fourth-order valence-electron chi connectivity index (χ4n) is 4.42. The van der Waals surface area contributed by atoms with E-state index in [1.54, 1.807) is 11.3 Å². The van der Waals surface area contributed by atoms with Crippen molar-refractivity contribution in [3.8, 4) is 0 Å². The van der Waals surface area contributed by atoms with Gasteiger partial charge in [-0.25, -0.2) is 4.98 Å². The lowest BCUT2D eigenvalue weighted by molar-refractivity contribution is -0.122. The van der Waals surface area contributed by atoms with Crippen molar-refractivity contribution in [1.82, 2.24) is 20.2 Å². The summed E-state index contributed by atoms with van der Waals surface area (Å²) in [5.41, 5.74) is 1.16. The van der Waals surface area contributed by atoms with Crippen molar-refractivity contribution in [2.24, 2.45) is 0 Å². The van der Waals surface area contributed by atoms with Crippen LogP contribution in [0.1, 0.15) is 62.2 Å². The molecule has 28 heavy (non-hydrogen) atoms. The molecule has 0 radical (unpaired) electrons. The summed E-state index contributed by atoms with van der Waals surface area (Å²) in [6.45, 7) is 6.51. The zero-order chi connectivity index (χ0) is 19.7. The Labute approximate surface area is 169 Å². The van der Waals surface area contributed by atoms with Gasteiger partial charge >= 0.3 is 0 Å². The first kappa shape index (κ1) is 19.6. The molecule has 3 heterocycles. The molecule has 2 aromatic heterocycles. The molecule has 2 aromatic rings. The molecule has 0 bridgehead atoms. The predicted octanol–water partition coefficient (Wildman–Crippen LogP) is 2.79. The quantitative estimate of drug-likeness (QED) is 0.806. The van der Waals surface area contributed by atoms with E-state index in [1.165, 1.54) is 16.9 Å². The number of aromatic nitrogens is 2. The van der Waals surface area contributed by atoms with Crippen molar-refractivity contribution in [1.29, 1.82) is 0 Å². The molecule has 1 fully saturated rings. The molecule has 7 heteroatoms. The zero-order valence-electron chi connectivity index (χ0n) is 16.8. The fraction of sp³-hybridized carbons (Fsp3) is 0.667. The van der Waals surface area contributed by atoms with E-state index in [-0.39, 0.29) is 17.5 Å². The van der Waals surface area contributed by atoms with Gasteiger partial charge in [-0.15, -0.1) is 11.3 Å². The van der Waals surface area contributed by atoms with Crippen LogP contribution in [0.4, 0.5) is 0 Å². The van der Waals surface area contributed by atoms with Gasteiger partial charge in [0.15, 0.2) is 0 Å². The maximum Gasteiger partial charge on any atom is 0.259 e. The van der Waals surface area contributed by atoms with Crippen molar-refractivity contribution in [2.45, 2.75) is 77.3 Å². The lowest BCUT2D eigenvalue weighted by Gasteiger charge is -2.34. The maximum absolute atomic E-state index is 12.6. The van der Waals surface area contributed by atoms with Crippen LogP contribution in [-0.4, -0.2) is 45.9 Å². The molecule has 1 aliphatic carbocycles. The van der Waals surface area contributed by atoms with Crippen LogP contribution < -0.4 is 10.9 Å². The van der Waals surface area contributed by atoms with Crippen LogP contribution >= 0.6 is 11.3 Å². The minimum absolute atomic E-state index is 0.0409. The summed E-state index contributed by atoms with van der Waals surface area (Å²) < 4.78 is 0. The molecule has 1 amide bonds. The number of rotatable bonds is 5. The highest BCUT2D eigenvalue weighted by Gasteiger charge is 2.23. The van der Waals surface area contributed by atoms with Crippen LogP contribution in [0.3, 0.4) is 0 Å². The minimum Gasteiger partial charge on any atom is -0.353 e. The van der Waals surface area contributed by atoms with Crippen LogP contribution in [0, 0.1) is 0 Å². The fourth-order valence-corrected chi connectivity index (χ4v) is 5.70. The third kappa shape index (κ3) is 4.15. The van der Waals surface area contributed by atoms with Crippen molar-refractivity contribution in [3.63, 3.8) is 0 Å². The Morgan fingerprint density at radius 2 is 2.04 bits per heavy atom. The number of hydrogen-bond acceptors (Lipinski definition) is 5. The van der Waals surface area contributed by atoms with E-state index in [0.717, 1.165) is 55.4 Å². The molecule has 0 aromatic carbocycles. The smallest absolute Gasteiger partial charge is 0.259 e. The third-order valence-corrected chi connectivity index (χ3v) is 7.27. The summed E-state index contributed by atoms with van der Waals surface area (Å²) in [5.74, 6) is 0.678. The number of piperidine rings is 1. The molecule has 0 saturated carbocycles. The number of thiophene rings is 1. The number of carbonyl (C=O) groups excluding carboxylic acids is 1. The second kappa shape index (κ2) is 8.33. The molecular weight excluding hydrogens is 372 g/mol. The van der Waals surface area contributed by atoms with E-state index in [1.807, 2.05) is 0 Å². The van der Waals surface area contributed by atoms with Gasteiger partial charge in [0.1, 0.15) is 10.7 Å². The number of amides is 1. The molecule has 0 atom stereocenters. The molecule has 0 spiro atoms. The summed E-state index contributed by atoms with van der Waals surface area (Å²) in [6.07, 6.45) is 7.24. The molecule has 1 saturated heterocycles. The predicted molar refractivity (Wildman–Crippen MR) is 113 cm³/mol. The van der Waals surface area contributed by atoms with Crippen LogP contribution in [0.25, 0.3) is 10.2 Å². The van der Waals surface area contributed by atoms with Crippen molar-refractivity contribution in [2.75, 3.05) is 13.1 Å². The number of nitrogens with zero attached hydrogens (tertiary/aromatic N) is 2. The van der Waals surface area contributed by atoms with E-state index in [2.05, 4.69) is 34.0 Å². The summed E-state index contributed by atoms with van der Waals surface area (Å²) >= 11 is 1.66. The Kier molecular flexibility index (Phi) is 5.83. The molecular formula is C21H30N4O2S. The molecule has 6 nitrogen and oxygen atoms in total. The first-order chi connectivity index (χ1) is 13.5. The topological polar surface area (TPSA) is 78.1 Å². The molecule has 2 aliphatic rings. The van der Waals surface area contributed by atoms with Crippen molar-refractivity contribution in [3.05, 3.63) is 26.6 Å². The van der Waals surface area contributed by atoms with Gasteiger partial charge in [-0.05, 0) is 57.9 Å². The molecule has 4 rings (SSSR count). The minimum atomic E-state index is -0.0409. The van der Waals surface area contributed by atoms with Crippen LogP contribution in [0.2, 0.25) is 0 Å². The highest BCUT2D eigenvalue weighted by atomic mass is 32.1. The van der Waals surface area contributed by atoms with Crippen LogP contribution in [-0.2, 0) is 24.1 Å². The molecule has 1 aliphatic heterocycles. The number of carbonyl (C=O) groups is 1. The lowest BCUT2D eigenvalue weighted by Crippen LogP contribution is -2.46. The number of hydrogen-bond donors (Lipinski definition) is 2. The largest absolute Gasteiger partial charge is 0.353 e. The van der Waals surface area contributed by atoms with Gasteiger partial charge in [0.25, 0.3) is 5.56 Å². The number of H-pyrrole nitrogens is 1. The van der Waals surface area contributed by atoms with E-state index >= 15 is 0 Å². The van der Waals surface area contributed by atoms with Gasteiger partial charge in [-0.1, -0.05) is 0 Å². The number of likely N-dealkylation sites (tertiary alicyclic amines) is 1. The normalized spacial score (nSPS) is 18.5. The van der Waals surface area contributed by atoms with Crippen molar-refractivity contribution >= 4 is 27.5 Å². The lowest BCUT2D eigenvalue weighted by atomic mass is 9.97. The van der Waals surface area contributed by atoms with Gasteiger partial charge in [-0.2, -0.15) is 0 Å². The second-order valence-corrected chi connectivity index (χ2v) is 9.46. The van der Waals surface area contributed by atoms with Crippen molar-refractivity contribution < 1.29 is 4.79 Å². The Balaban J connectivity index is 1.35. The zero-order valence-corrected chi connectivity index (χ0v) is 17.7. The Morgan fingerprint density at radius 3 is 2.79 bits per heavy atom. The van der Waals surface area contributed by atoms with E-state index in [9.17, 15) is 9.59 Å². The van der Waals surface area contributed by atoms with Crippen LogP contribution in [0.15, 0.2) is 4.79 Å². The Bertz CT molecular complexity index is 909. The summed E-state index contributed by atoms with van der Waals surface area (Å²) in [7, 11) is 0. The van der Waals surface area contributed by atoms with Crippen LogP contribution in [0.5, 0.6) is 0 Å². The number of fused-ring (bicyclic) bond motifs is 3. The standard InChI is InChI=1S/C21H30N4O2S/c1-13(2)25-11-9-14(10-12-25)22-18(26)8-7-17-23-20(27)19-15-5-3-4-6-16(15)28-21(19)24-17/h13-14H,3-12H2,1-2H3,(H,22,26)(H,23,24,27). The molecule has 152 valence electrons. The molecule has 2 N–H and O–H groups in total. The summed E-state index contributed by atoms with van der Waals surface area (Å²) in [6, 6.07) is 0.832. The van der Waals surface area contributed by atoms with E-state index in [4.69, 9.17) is 0 Å². The van der Waals surface area contributed by atoms with E-state index in [0.29, 0.717) is 24.7 Å².